The van der Waals surface area contributed by atoms with Crippen molar-refractivity contribution in [3.05, 3.63) is 59.2 Å². The highest BCUT2D eigenvalue weighted by Gasteiger charge is 2.35. The highest BCUT2D eigenvalue weighted by Crippen LogP contribution is 2.44. The lowest BCUT2D eigenvalue weighted by molar-refractivity contribution is 0.171. The zero-order chi connectivity index (χ0) is 25.2. The summed E-state index contributed by atoms with van der Waals surface area (Å²) in [5.41, 5.74) is 8.82. The van der Waals surface area contributed by atoms with Crippen LogP contribution in [-0.2, 0) is 4.57 Å². The summed E-state index contributed by atoms with van der Waals surface area (Å²) in [6.45, 7) is 8.19. The molecule has 0 saturated heterocycles. The average Bonchev–Trinajstić information content (AvgIpc) is 3.35. The Morgan fingerprint density at radius 3 is 2.57 bits per heavy atom. The average molecular weight is 513 g/mol. The van der Waals surface area contributed by atoms with Crippen LogP contribution in [0, 0.1) is 5.92 Å². The second-order valence-corrected chi connectivity index (χ2v) is 13.2. The lowest BCUT2D eigenvalue weighted by Gasteiger charge is -2.32. The second kappa shape index (κ2) is 10.2. The van der Waals surface area contributed by atoms with Crippen molar-refractivity contribution >= 4 is 40.5 Å². The Labute approximate surface area is 211 Å². The third-order valence-corrected chi connectivity index (χ3v) is 10.3. The van der Waals surface area contributed by atoms with Gasteiger partial charge in [-0.25, -0.2) is 9.98 Å². The normalized spacial score (nSPS) is 18.0. The van der Waals surface area contributed by atoms with Crippen molar-refractivity contribution in [2.24, 2.45) is 10.9 Å². The van der Waals surface area contributed by atoms with Gasteiger partial charge in [0.1, 0.15) is 11.9 Å². The maximum absolute atomic E-state index is 12.7. The number of ether oxygens (including phenoxy) is 1. The molecule has 3 aromatic rings. The van der Waals surface area contributed by atoms with Gasteiger partial charge in [0.25, 0.3) is 0 Å². The lowest BCUT2D eigenvalue weighted by Crippen LogP contribution is -2.41. The van der Waals surface area contributed by atoms with Crippen molar-refractivity contribution in [3.63, 3.8) is 0 Å². The summed E-state index contributed by atoms with van der Waals surface area (Å²) in [5, 5.41) is 1.85. The first-order valence-electron chi connectivity index (χ1n) is 12.0. The van der Waals surface area contributed by atoms with Gasteiger partial charge in [0, 0.05) is 11.7 Å². The van der Waals surface area contributed by atoms with E-state index in [-0.39, 0.29) is 5.92 Å². The van der Waals surface area contributed by atoms with Crippen LogP contribution in [0.1, 0.15) is 64.0 Å². The molecule has 1 aliphatic rings. The first kappa shape index (κ1) is 25.5. The molecule has 3 heterocycles. The van der Waals surface area contributed by atoms with E-state index in [4.69, 9.17) is 15.5 Å². The van der Waals surface area contributed by atoms with E-state index < -0.39 is 13.0 Å². The number of aromatic nitrogens is 2. The Morgan fingerprint density at radius 1 is 1.17 bits per heavy atom. The van der Waals surface area contributed by atoms with Gasteiger partial charge in [-0.15, -0.1) is 11.3 Å². The number of aliphatic imine (C=N–C) groups is 1. The molecule has 3 atom stereocenters. The fraction of sp³-hybridized carbons (Fsp3) is 0.423. The van der Waals surface area contributed by atoms with Gasteiger partial charge in [-0.3, -0.25) is 4.57 Å². The summed E-state index contributed by atoms with van der Waals surface area (Å²) in [6.07, 6.45) is 4.58. The zero-order valence-corrected chi connectivity index (χ0v) is 22.4. The van der Waals surface area contributed by atoms with Gasteiger partial charge in [0.15, 0.2) is 11.5 Å². The summed E-state index contributed by atoms with van der Waals surface area (Å²) in [7, 11) is -3.28. The molecule has 0 amide bonds. The van der Waals surface area contributed by atoms with Crippen LogP contribution < -0.4 is 15.1 Å². The monoisotopic (exact) mass is 512 g/mol. The van der Waals surface area contributed by atoms with Crippen LogP contribution in [0.4, 0.5) is 11.5 Å². The number of benzene rings is 1. The standard InChI is InChI=1S/C26H33N4O3PS/c1-5-18(9-8-17(2)15-34(31,32)21-7-6-14-35-21)19-10-12-20(13-11-19)23-26(3,4)33-25-22(30-23)24(27)28-16-29-25/h6-7,10-14,16-18H,5,8-9,15H2,1-4H3,(H,31,32)(H2,27,28,29)/t17-,18-/m1/s1. The van der Waals surface area contributed by atoms with Crippen LogP contribution in [0.3, 0.4) is 0 Å². The van der Waals surface area contributed by atoms with Gasteiger partial charge < -0.3 is 15.4 Å². The Kier molecular flexibility index (Phi) is 7.46. The first-order chi connectivity index (χ1) is 16.6. The largest absolute Gasteiger partial charge is 0.463 e. The molecular weight excluding hydrogens is 479 g/mol. The lowest BCUT2D eigenvalue weighted by atomic mass is 9.87. The molecule has 4 rings (SSSR count). The minimum absolute atomic E-state index is 0.170. The van der Waals surface area contributed by atoms with Crippen molar-refractivity contribution in [2.75, 3.05) is 11.9 Å². The van der Waals surface area contributed by atoms with E-state index in [9.17, 15) is 9.46 Å². The molecule has 7 nitrogen and oxygen atoms in total. The second-order valence-electron chi connectivity index (χ2n) is 9.73. The molecule has 3 N–H and O–H groups in total. The number of nitrogens with zero attached hydrogens (tertiary/aromatic N) is 3. The van der Waals surface area contributed by atoms with E-state index in [2.05, 4.69) is 48.1 Å². The molecule has 35 heavy (non-hydrogen) atoms. The number of nitrogens with two attached hydrogens (primary N) is 1. The maximum Gasteiger partial charge on any atom is 0.246 e. The van der Waals surface area contributed by atoms with Gasteiger partial charge in [0.2, 0.25) is 13.2 Å². The Bertz CT molecular complexity index is 1240. The number of thiophene rings is 1. The fourth-order valence-electron chi connectivity index (χ4n) is 4.58. The van der Waals surface area contributed by atoms with E-state index in [0.717, 1.165) is 30.5 Å². The minimum Gasteiger partial charge on any atom is -0.463 e. The smallest absolute Gasteiger partial charge is 0.246 e. The molecule has 1 aliphatic heterocycles. The van der Waals surface area contributed by atoms with Crippen LogP contribution >= 0.6 is 18.7 Å². The molecule has 1 unspecified atom stereocenters. The SMILES string of the molecule is CC[C@H](CC[C@@H](C)CP(=O)(O)c1cccs1)c1ccc(C2=Nc3c(N)ncnc3OC2(C)C)cc1. The minimum atomic E-state index is -3.28. The molecule has 0 fully saturated rings. The number of hydrogen-bond acceptors (Lipinski definition) is 7. The van der Waals surface area contributed by atoms with Gasteiger partial charge in [-0.05, 0) is 62.0 Å². The number of hydrogen-bond donors (Lipinski definition) is 2. The third-order valence-electron chi connectivity index (χ3n) is 6.53. The molecule has 0 saturated carbocycles. The molecule has 0 spiro atoms. The topological polar surface area (TPSA) is 111 Å². The van der Waals surface area contributed by atoms with Gasteiger partial charge >= 0.3 is 0 Å². The summed E-state index contributed by atoms with van der Waals surface area (Å²) in [4.78, 5) is 23.5. The Balaban J connectivity index is 1.45. The molecular formula is C26H33N4O3PS. The van der Waals surface area contributed by atoms with Gasteiger partial charge in [-0.1, -0.05) is 44.2 Å². The first-order valence-corrected chi connectivity index (χ1v) is 14.7. The van der Waals surface area contributed by atoms with Crippen LogP contribution in [0.25, 0.3) is 0 Å². The maximum atomic E-state index is 12.7. The fourth-order valence-corrected chi connectivity index (χ4v) is 7.63. The third kappa shape index (κ3) is 5.66. The highest BCUT2D eigenvalue weighted by atomic mass is 32.1. The molecule has 0 bridgehead atoms. The number of rotatable bonds is 9. The van der Waals surface area contributed by atoms with Crippen molar-refractivity contribution < 1.29 is 14.2 Å². The predicted octanol–water partition coefficient (Wildman–Crippen LogP) is 5.92. The number of nitrogen functional groups attached to an aromatic ring is 1. The summed E-state index contributed by atoms with van der Waals surface area (Å²) in [5.74, 6) is 1.25. The van der Waals surface area contributed by atoms with E-state index in [1.54, 1.807) is 6.07 Å². The van der Waals surface area contributed by atoms with Crippen LogP contribution in [0.15, 0.2) is 53.1 Å². The van der Waals surface area contributed by atoms with Crippen LogP contribution in [0.2, 0.25) is 0 Å². The van der Waals surface area contributed by atoms with Crippen molar-refractivity contribution in [2.45, 2.75) is 58.5 Å². The van der Waals surface area contributed by atoms with Gasteiger partial charge in [-0.2, -0.15) is 4.98 Å². The molecule has 2 aromatic heterocycles. The molecule has 0 radical (unpaired) electrons. The Hall–Kier alpha value is -2.54. The van der Waals surface area contributed by atoms with E-state index >= 15 is 0 Å². The quantitative estimate of drug-likeness (QED) is 0.345. The van der Waals surface area contributed by atoms with Crippen molar-refractivity contribution in [3.8, 4) is 5.88 Å². The van der Waals surface area contributed by atoms with Crippen LogP contribution in [0.5, 0.6) is 5.88 Å². The van der Waals surface area contributed by atoms with Crippen LogP contribution in [-0.4, -0.2) is 32.3 Å². The van der Waals surface area contributed by atoms with E-state index in [1.807, 2.05) is 25.3 Å². The molecule has 186 valence electrons. The Morgan fingerprint density at radius 2 is 1.91 bits per heavy atom. The molecule has 0 aliphatic carbocycles. The van der Waals surface area contributed by atoms with Gasteiger partial charge in [0.05, 0.1) is 10.3 Å². The summed E-state index contributed by atoms with van der Waals surface area (Å²) >= 11 is 1.36. The predicted molar refractivity (Wildman–Crippen MR) is 144 cm³/mol. The summed E-state index contributed by atoms with van der Waals surface area (Å²) < 4.78 is 19.4. The van der Waals surface area contributed by atoms with E-state index in [0.29, 0.717) is 34.1 Å². The molecule has 9 heteroatoms. The van der Waals surface area contributed by atoms with Crippen molar-refractivity contribution in [1.29, 1.82) is 0 Å². The highest BCUT2D eigenvalue weighted by molar-refractivity contribution is 7.71. The summed E-state index contributed by atoms with van der Waals surface area (Å²) in [6, 6.07) is 12.0. The number of fused-ring (bicyclic) bond motifs is 1. The van der Waals surface area contributed by atoms with Crippen molar-refractivity contribution in [1.82, 2.24) is 9.97 Å². The molecule has 1 aromatic carbocycles. The number of anilines is 1. The zero-order valence-electron chi connectivity index (χ0n) is 20.6. The van der Waals surface area contributed by atoms with E-state index in [1.165, 1.54) is 23.2 Å².